The molecule has 0 spiro atoms. The molecule has 4 nitrogen and oxygen atoms in total. The number of ether oxygens (including phenoxy) is 1. The molecule has 0 saturated carbocycles. The van der Waals surface area contributed by atoms with Crippen LogP contribution in [0.1, 0.15) is 78.9 Å². The molecular weight excluding hydrogens is 490 g/mol. The lowest BCUT2D eigenvalue weighted by atomic mass is 10.00. The molecule has 0 bridgehead atoms. The molecule has 0 radical (unpaired) electrons. The van der Waals surface area contributed by atoms with Gasteiger partial charge < -0.3 is 10.1 Å². The lowest BCUT2D eigenvalue weighted by Gasteiger charge is -2.16. The van der Waals surface area contributed by atoms with E-state index in [0.717, 1.165) is 58.8 Å². The first-order valence-electron chi connectivity index (χ1n) is 13.7. The van der Waals surface area contributed by atoms with Crippen molar-refractivity contribution < 1.29 is 4.74 Å². The van der Waals surface area contributed by atoms with E-state index < -0.39 is 0 Å². The Morgan fingerprint density at radius 2 is 1.84 bits per heavy atom. The number of pyridine rings is 1. The molecule has 0 saturated heterocycles. The minimum Gasteiger partial charge on any atom is -0.496 e. The van der Waals surface area contributed by atoms with Gasteiger partial charge in [-0.05, 0) is 62.7 Å². The van der Waals surface area contributed by atoms with Crippen molar-refractivity contribution in [1.82, 2.24) is 10.3 Å². The molecule has 0 atom stereocenters. The van der Waals surface area contributed by atoms with Gasteiger partial charge in [-0.25, -0.2) is 0 Å². The van der Waals surface area contributed by atoms with Crippen LogP contribution in [0.3, 0.4) is 0 Å². The smallest absolute Gasteiger partial charge is 0.133 e. The summed E-state index contributed by atoms with van der Waals surface area (Å²) in [6, 6.07) is 7.80. The van der Waals surface area contributed by atoms with Gasteiger partial charge in [-0.1, -0.05) is 96.0 Å². The summed E-state index contributed by atoms with van der Waals surface area (Å²) >= 11 is 6.04. The van der Waals surface area contributed by atoms with E-state index in [9.17, 15) is 0 Å². The van der Waals surface area contributed by atoms with Crippen LogP contribution in [0.5, 0.6) is 5.75 Å². The standard InChI is InChI=1S/C29H36ClN3O.2C2H6/c1-7-9-11-21(3)12-13-22(4)19-33-29(31-16-10-8-2)26-17-24(18-28(34-6)23(26)5)27-15-14-25(30)20-32-27;2*1-2/h10-18,20H,4,7-9,19H2,1-3,5-6H3,(H,31,33);2*1-2H3/b13-12-,16-10+,21-11+;;. The van der Waals surface area contributed by atoms with Gasteiger partial charge in [-0.3, -0.25) is 9.98 Å². The third kappa shape index (κ3) is 12.4. The number of amidine groups is 1. The molecule has 1 aromatic carbocycles. The number of hydrogen-bond acceptors (Lipinski definition) is 3. The van der Waals surface area contributed by atoms with Crippen LogP contribution in [-0.2, 0) is 0 Å². The Kier molecular flexibility index (Phi) is 19.2. The van der Waals surface area contributed by atoms with E-state index in [0.29, 0.717) is 11.6 Å². The van der Waals surface area contributed by atoms with Crippen molar-refractivity contribution in [2.24, 2.45) is 4.99 Å². The molecule has 0 amide bonds. The Balaban J connectivity index is 0.00000326. The van der Waals surface area contributed by atoms with Crippen LogP contribution in [0, 0.1) is 6.92 Å². The number of allylic oxidation sites excluding steroid dienone is 4. The second-order valence-electron chi connectivity index (χ2n) is 8.06. The van der Waals surface area contributed by atoms with Gasteiger partial charge >= 0.3 is 0 Å². The molecule has 208 valence electrons. The van der Waals surface area contributed by atoms with Crippen LogP contribution < -0.4 is 10.1 Å². The van der Waals surface area contributed by atoms with E-state index >= 15 is 0 Å². The average Bonchev–Trinajstić information content (AvgIpc) is 2.95. The molecule has 0 fully saturated rings. The predicted molar refractivity (Wildman–Crippen MR) is 170 cm³/mol. The quantitative estimate of drug-likeness (QED) is 0.176. The molecule has 0 aliphatic rings. The van der Waals surface area contributed by atoms with Crippen LogP contribution in [-0.4, -0.2) is 24.5 Å². The summed E-state index contributed by atoms with van der Waals surface area (Å²) in [4.78, 5) is 9.35. The van der Waals surface area contributed by atoms with Crippen molar-refractivity contribution >= 4 is 17.4 Å². The van der Waals surface area contributed by atoms with E-state index in [4.69, 9.17) is 21.3 Å². The van der Waals surface area contributed by atoms with Gasteiger partial charge in [0, 0.05) is 22.9 Å². The summed E-state index contributed by atoms with van der Waals surface area (Å²) in [5, 5.41) is 3.96. The van der Waals surface area contributed by atoms with Gasteiger partial charge in [-0.2, -0.15) is 0 Å². The van der Waals surface area contributed by atoms with Crippen LogP contribution in [0.4, 0.5) is 0 Å². The highest BCUT2D eigenvalue weighted by Crippen LogP contribution is 2.30. The zero-order chi connectivity index (χ0) is 28.9. The SMILES string of the molecule is C=C(/C=C\C(C)=C\CCC)CN=C(N/C=C/CC)c1cc(-c2ccc(Cl)cn2)cc(OC)c1C.CC.CC. The number of aromatic nitrogens is 1. The fourth-order valence-electron chi connectivity index (χ4n) is 3.23. The monoisotopic (exact) mass is 537 g/mol. The molecule has 1 aromatic heterocycles. The topological polar surface area (TPSA) is 46.5 Å². The minimum atomic E-state index is 0.477. The summed E-state index contributed by atoms with van der Waals surface area (Å²) in [6.45, 7) is 21.1. The number of aliphatic imine (C=N–C) groups is 1. The van der Waals surface area contributed by atoms with Gasteiger partial charge in [0.15, 0.2) is 0 Å². The highest BCUT2D eigenvalue weighted by Gasteiger charge is 2.14. The molecule has 0 aliphatic heterocycles. The van der Waals surface area contributed by atoms with Crippen molar-refractivity contribution in [3.63, 3.8) is 0 Å². The number of rotatable bonds is 11. The zero-order valence-corrected chi connectivity index (χ0v) is 25.7. The average molecular weight is 538 g/mol. The van der Waals surface area contributed by atoms with Gasteiger partial charge in [0.1, 0.15) is 11.6 Å². The number of methoxy groups -OCH3 is 1. The van der Waals surface area contributed by atoms with Gasteiger partial charge in [0.25, 0.3) is 0 Å². The molecule has 38 heavy (non-hydrogen) atoms. The molecule has 5 heteroatoms. The highest BCUT2D eigenvalue weighted by molar-refractivity contribution is 6.30. The summed E-state index contributed by atoms with van der Waals surface area (Å²) in [5.41, 5.74) is 5.86. The van der Waals surface area contributed by atoms with Crippen molar-refractivity contribution in [2.75, 3.05) is 13.7 Å². The predicted octanol–water partition coefficient (Wildman–Crippen LogP) is 9.89. The van der Waals surface area contributed by atoms with Crippen molar-refractivity contribution in [1.29, 1.82) is 0 Å². The van der Waals surface area contributed by atoms with E-state index in [1.54, 1.807) is 13.3 Å². The van der Waals surface area contributed by atoms with Crippen LogP contribution in [0.25, 0.3) is 11.3 Å². The van der Waals surface area contributed by atoms with Crippen LogP contribution in [0.15, 0.2) is 83.7 Å². The summed E-state index contributed by atoms with van der Waals surface area (Å²) in [6.07, 6.45) is 15.1. The van der Waals surface area contributed by atoms with Crippen molar-refractivity contribution in [2.45, 2.75) is 74.7 Å². The second kappa shape index (κ2) is 20.9. The number of benzene rings is 1. The van der Waals surface area contributed by atoms with Crippen molar-refractivity contribution in [3.8, 4) is 17.0 Å². The van der Waals surface area contributed by atoms with Gasteiger partial charge in [-0.15, -0.1) is 0 Å². The van der Waals surface area contributed by atoms with Crippen molar-refractivity contribution in [3.05, 3.63) is 94.8 Å². The molecular formula is C33H48ClN3O. The number of unbranched alkanes of at least 4 members (excludes halogenated alkanes) is 1. The van der Waals surface area contributed by atoms with Gasteiger partial charge in [0.2, 0.25) is 0 Å². The third-order valence-corrected chi connectivity index (χ3v) is 5.43. The lowest BCUT2D eigenvalue weighted by molar-refractivity contribution is 0.412. The molecule has 2 aromatic rings. The maximum absolute atomic E-state index is 6.04. The van der Waals surface area contributed by atoms with E-state index in [2.05, 4.69) is 61.9 Å². The van der Waals surface area contributed by atoms with E-state index in [1.807, 2.05) is 65.1 Å². The maximum atomic E-state index is 6.04. The Morgan fingerprint density at radius 1 is 1.13 bits per heavy atom. The number of halogens is 1. The number of hydrogen-bond donors (Lipinski definition) is 1. The molecule has 1 N–H and O–H groups in total. The summed E-state index contributed by atoms with van der Waals surface area (Å²) in [5.74, 6) is 1.53. The minimum absolute atomic E-state index is 0.477. The summed E-state index contributed by atoms with van der Waals surface area (Å²) < 4.78 is 5.68. The second-order valence-corrected chi connectivity index (χ2v) is 8.50. The van der Waals surface area contributed by atoms with Crippen LogP contribution >= 0.6 is 11.6 Å². The van der Waals surface area contributed by atoms with E-state index in [1.165, 1.54) is 5.57 Å². The maximum Gasteiger partial charge on any atom is 0.133 e. The molecule has 1 heterocycles. The highest BCUT2D eigenvalue weighted by atomic mass is 35.5. The molecule has 0 aliphatic carbocycles. The van der Waals surface area contributed by atoms with Crippen LogP contribution in [0.2, 0.25) is 5.02 Å². The first kappa shape index (κ1) is 34.9. The zero-order valence-electron chi connectivity index (χ0n) is 25.0. The first-order valence-corrected chi connectivity index (χ1v) is 14.1. The van der Waals surface area contributed by atoms with E-state index in [-0.39, 0.29) is 0 Å². The lowest BCUT2D eigenvalue weighted by Crippen LogP contribution is -2.21. The Hall–Kier alpha value is -3.11. The third-order valence-electron chi connectivity index (χ3n) is 5.21. The molecule has 2 rings (SSSR count). The fraction of sp³-hybridized carbons (Fsp3) is 0.394. The Labute approximate surface area is 237 Å². The summed E-state index contributed by atoms with van der Waals surface area (Å²) in [7, 11) is 1.67. The Bertz CT molecular complexity index is 1080. The number of nitrogens with zero attached hydrogens (tertiary/aromatic N) is 2. The number of nitrogens with one attached hydrogen (secondary N) is 1. The largest absolute Gasteiger partial charge is 0.496 e. The van der Waals surface area contributed by atoms with Gasteiger partial charge in [0.05, 0.1) is 24.4 Å². The normalized spacial score (nSPS) is 11.5. The molecule has 0 unspecified atom stereocenters. The Morgan fingerprint density at radius 3 is 2.42 bits per heavy atom. The fourth-order valence-corrected chi connectivity index (χ4v) is 3.34. The first-order chi connectivity index (χ1) is 18.4.